The van der Waals surface area contributed by atoms with Crippen molar-refractivity contribution >= 4 is 34.4 Å². The SMILES string of the molecule is CCCC(COC)n1c(CCCl)nc2cc(Cl)cnc21. The van der Waals surface area contributed by atoms with Crippen LogP contribution in [0.25, 0.3) is 11.2 Å². The number of methoxy groups -OCH3 is 1. The van der Waals surface area contributed by atoms with Gasteiger partial charge in [-0.25, -0.2) is 9.97 Å². The molecule has 0 saturated heterocycles. The summed E-state index contributed by atoms with van der Waals surface area (Å²) in [7, 11) is 1.72. The van der Waals surface area contributed by atoms with Crippen LogP contribution < -0.4 is 0 Å². The smallest absolute Gasteiger partial charge is 0.160 e. The second-order valence-corrected chi connectivity index (χ2v) is 5.55. The van der Waals surface area contributed by atoms with Gasteiger partial charge >= 0.3 is 0 Å². The molecule has 0 aromatic carbocycles. The zero-order valence-electron chi connectivity index (χ0n) is 11.8. The molecule has 0 radical (unpaired) electrons. The van der Waals surface area contributed by atoms with Crippen LogP contribution in [0.3, 0.4) is 0 Å². The molecule has 2 aromatic heterocycles. The summed E-state index contributed by atoms with van der Waals surface area (Å²) in [6.07, 6.45) is 4.45. The molecule has 0 saturated carbocycles. The maximum atomic E-state index is 6.00. The summed E-state index contributed by atoms with van der Waals surface area (Å²) < 4.78 is 7.50. The summed E-state index contributed by atoms with van der Waals surface area (Å²) >= 11 is 11.9. The first-order chi connectivity index (χ1) is 9.71. The molecule has 1 atom stereocenters. The summed E-state index contributed by atoms with van der Waals surface area (Å²) in [5.41, 5.74) is 1.67. The van der Waals surface area contributed by atoms with Gasteiger partial charge in [0.2, 0.25) is 0 Å². The Balaban J connectivity index is 2.53. The van der Waals surface area contributed by atoms with Crippen LogP contribution in [0.5, 0.6) is 0 Å². The normalized spacial score (nSPS) is 13.0. The number of rotatable bonds is 7. The van der Waals surface area contributed by atoms with Crippen molar-refractivity contribution in [1.29, 1.82) is 0 Å². The molecular weight excluding hydrogens is 297 g/mol. The molecule has 6 heteroatoms. The number of nitrogens with zero attached hydrogens (tertiary/aromatic N) is 3. The van der Waals surface area contributed by atoms with E-state index in [1.807, 2.05) is 6.07 Å². The van der Waals surface area contributed by atoms with Gasteiger partial charge in [0.1, 0.15) is 11.3 Å². The van der Waals surface area contributed by atoms with Gasteiger partial charge in [-0.05, 0) is 12.5 Å². The van der Waals surface area contributed by atoms with E-state index in [-0.39, 0.29) is 6.04 Å². The molecule has 110 valence electrons. The Morgan fingerprint density at radius 1 is 1.45 bits per heavy atom. The fraction of sp³-hybridized carbons (Fsp3) is 0.571. The van der Waals surface area contributed by atoms with Crippen LogP contribution in [-0.2, 0) is 11.2 Å². The highest BCUT2D eigenvalue weighted by Crippen LogP contribution is 2.25. The number of hydrogen-bond acceptors (Lipinski definition) is 3. The number of halogens is 2. The first kappa shape index (κ1) is 15.5. The second kappa shape index (κ2) is 7.25. The molecular formula is C14H19Cl2N3O. The van der Waals surface area contributed by atoms with Crippen molar-refractivity contribution in [3.63, 3.8) is 0 Å². The summed E-state index contributed by atoms with van der Waals surface area (Å²) in [6.45, 7) is 2.80. The van der Waals surface area contributed by atoms with E-state index in [0.29, 0.717) is 23.9 Å². The Kier molecular flexibility index (Phi) is 5.64. The Morgan fingerprint density at radius 3 is 2.90 bits per heavy atom. The predicted octanol–water partition coefficient (Wildman–Crippen LogP) is 3.85. The summed E-state index contributed by atoms with van der Waals surface area (Å²) in [5, 5.41) is 0.596. The topological polar surface area (TPSA) is 39.9 Å². The maximum absolute atomic E-state index is 6.00. The molecule has 2 heterocycles. The molecule has 1 unspecified atom stereocenters. The number of aromatic nitrogens is 3. The highest BCUT2D eigenvalue weighted by atomic mass is 35.5. The number of ether oxygens (including phenoxy) is 1. The quantitative estimate of drug-likeness (QED) is 0.728. The molecule has 0 bridgehead atoms. The fourth-order valence-corrected chi connectivity index (χ4v) is 2.78. The molecule has 0 aliphatic heterocycles. The first-order valence-electron chi connectivity index (χ1n) is 6.78. The van der Waals surface area contributed by atoms with Gasteiger partial charge in [0.15, 0.2) is 5.65 Å². The monoisotopic (exact) mass is 315 g/mol. The average Bonchev–Trinajstić information content (AvgIpc) is 2.76. The Hall–Kier alpha value is -0.840. The van der Waals surface area contributed by atoms with Gasteiger partial charge in [0, 0.05) is 25.6 Å². The molecule has 0 amide bonds. The van der Waals surface area contributed by atoms with E-state index < -0.39 is 0 Å². The summed E-state index contributed by atoms with van der Waals surface area (Å²) in [6, 6.07) is 2.07. The van der Waals surface area contributed by atoms with E-state index in [9.17, 15) is 0 Å². The highest BCUT2D eigenvalue weighted by Gasteiger charge is 2.19. The summed E-state index contributed by atoms with van der Waals surface area (Å²) in [5.74, 6) is 1.48. The number of aryl methyl sites for hydroxylation is 1. The molecule has 0 aliphatic rings. The van der Waals surface area contributed by atoms with Crippen molar-refractivity contribution < 1.29 is 4.74 Å². The van der Waals surface area contributed by atoms with Gasteiger partial charge in [0.05, 0.1) is 17.7 Å². The minimum absolute atomic E-state index is 0.224. The number of imidazole rings is 1. The Bertz CT molecular complexity index is 565. The van der Waals surface area contributed by atoms with Gasteiger partial charge < -0.3 is 9.30 Å². The van der Waals surface area contributed by atoms with Crippen molar-refractivity contribution in [1.82, 2.24) is 14.5 Å². The Labute approximate surface area is 129 Å². The average molecular weight is 316 g/mol. The van der Waals surface area contributed by atoms with Crippen molar-refractivity contribution in [3.8, 4) is 0 Å². The number of alkyl halides is 1. The van der Waals surface area contributed by atoms with Crippen LogP contribution in [0.4, 0.5) is 0 Å². The van der Waals surface area contributed by atoms with Gasteiger partial charge in [-0.1, -0.05) is 24.9 Å². The van der Waals surface area contributed by atoms with E-state index in [1.165, 1.54) is 0 Å². The highest BCUT2D eigenvalue weighted by molar-refractivity contribution is 6.31. The van der Waals surface area contributed by atoms with Crippen LogP contribution in [0.2, 0.25) is 5.02 Å². The molecule has 4 nitrogen and oxygen atoms in total. The number of hydrogen-bond donors (Lipinski definition) is 0. The molecule has 20 heavy (non-hydrogen) atoms. The minimum Gasteiger partial charge on any atom is -0.383 e. The zero-order valence-corrected chi connectivity index (χ0v) is 13.3. The van der Waals surface area contributed by atoms with Crippen LogP contribution in [0, 0.1) is 0 Å². The predicted molar refractivity (Wildman–Crippen MR) is 82.8 cm³/mol. The van der Waals surface area contributed by atoms with Crippen molar-refractivity contribution in [2.24, 2.45) is 0 Å². The number of fused-ring (bicyclic) bond motifs is 1. The minimum atomic E-state index is 0.224. The van der Waals surface area contributed by atoms with E-state index in [0.717, 1.165) is 29.8 Å². The number of pyridine rings is 1. The van der Waals surface area contributed by atoms with Crippen molar-refractivity contribution in [3.05, 3.63) is 23.1 Å². The third kappa shape index (κ3) is 3.25. The lowest BCUT2D eigenvalue weighted by Gasteiger charge is -2.20. The second-order valence-electron chi connectivity index (χ2n) is 4.73. The summed E-state index contributed by atoms with van der Waals surface area (Å²) in [4.78, 5) is 9.06. The van der Waals surface area contributed by atoms with Gasteiger partial charge in [-0.15, -0.1) is 11.6 Å². The molecule has 0 fully saturated rings. The van der Waals surface area contributed by atoms with Gasteiger partial charge in [0.25, 0.3) is 0 Å². The lowest BCUT2D eigenvalue weighted by Crippen LogP contribution is -2.18. The lowest BCUT2D eigenvalue weighted by molar-refractivity contribution is 0.150. The van der Waals surface area contributed by atoms with E-state index in [4.69, 9.17) is 27.9 Å². The van der Waals surface area contributed by atoms with Crippen LogP contribution in [0.1, 0.15) is 31.6 Å². The van der Waals surface area contributed by atoms with Crippen molar-refractivity contribution in [2.75, 3.05) is 19.6 Å². The Morgan fingerprint density at radius 2 is 2.25 bits per heavy atom. The maximum Gasteiger partial charge on any atom is 0.160 e. The van der Waals surface area contributed by atoms with Crippen LogP contribution >= 0.6 is 23.2 Å². The third-order valence-corrected chi connectivity index (χ3v) is 3.63. The van der Waals surface area contributed by atoms with E-state index in [1.54, 1.807) is 13.3 Å². The largest absolute Gasteiger partial charge is 0.383 e. The fourth-order valence-electron chi connectivity index (χ4n) is 2.46. The molecule has 2 rings (SSSR count). The molecule has 0 N–H and O–H groups in total. The standard InChI is InChI=1S/C14H19Cl2N3O/c1-3-4-11(9-20-2)19-13(5-6-15)18-12-7-10(16)8-17-14(12)19/h7-8,11H,3-6,9H2,1-2H3. The van der Waals surface area contributed by atoms with Crippen molar-refractivity contribution in [2.45, 2.75) is 32.2 Å². The lowest BCUT2D eigenvalue weighted by atomic mass is 10.1. The molecule has 0 aliphatic carbocycles. The molecule has 0 spiro atoms. The van der Waals surface area contributed by atoms with Crippen LogP contribution in [0.15, 0.2) is 12.3 Å². The van der Waals surface area contributed by atoms with Crippen LogP contribution in [-0.4, -0.2) is 34.1 Å². The van der Waals surface area contributed by atoms with Gasteiger partial charge in [-0.2, -0.15) is 0 Å². The molecule has 2 aromatic rings. The van der Waals surface area contributed by atoms with Gasteiger partial charge in [-0.3, -0.25) is 0 Å². The third-order valence-electron chi connectivity index (χ3n) is 3.23. The van der Waals surface area contributed by atoms with E-state index >= 15 is 0 Å². The first-order valence-corrected chi connectivity index (χ1v) is 7.69. The van der Waals surface area contributed by atoms with E-state index in [2.05, 4.69) is 21.5 Å². The zero-order chi connectivity index (χ0) is 14.5.